The van der Waals surface area contributed by atoms with E-state index in [1.54, 1.807) is 6.08 Å². The number of hydrogen-bond donors (Lipinski definition) is 1. The molecule has 1 aromatic rings. The van der Waals surface area contributed by atoms with Gasteiger partial charge in [0.05, 0.1) is 0 Å². The van der Waals surface area contributed by atoms with Crippen LogP contribution in [0.3, 0.4) is 0 Å². The Bertz CT molecular complexity index is 526. The van der Waals surface area contributed by atoms with Crippen LogP contribution < -0.4 is 5.32 Å². The van der Waals surface area contributed by atoms with Crippen molar-refractivity contribution < 1.29 is 4.79 Å². The van der Waals surface area contributed by atoms with Crippen LogP contribution in [0.15, 0.2) is 54.1 Å². The van der Waals surface area contributed by atoms with Crippen molar-refractivity contribution in [3.63, 3.8) is 0 Å². The second kappa shape index (κ2) is 6.08. The third-order valence-electron chi connectivity index (χ3n) is 4.07. The van der Waals surface area contributed by atoms with Gasteiger partial charge in [0.25, 0.3) is 0 Å². The molecule has 1 aliphatic carbocycles. The highest BCUT2D eigenvalue weighted by Gasteiger charge is 2.30. The first-order chi connectivity index (χ1) is 9.49. The van der Waals surface area contributed by atoms with Crippen molar-refractivity contribution in [2.75, 3.05) is 5.32 Å². The molecule has 0 heterocycles. The molecule has 2 rings (SSSR count). The molecule has 0 spiro atoms. The molecular weight excluding hydrogens is 246 g/mol. The summed E-state index contributed by atoms with van der Waals surface area (Å²) in [4.78, 5) is 12.0. The number of hydrogen-bond acceptors (Lipinski definition) is 1. The maximum atomic E-state index is 12.0. The van der Waals surface area contributed by atoms with E-state index in [4.69, 9.17) is 0 Å². The molecule has 1 aromatic carbocycles. The van der Waals surface area contributed by atoms with Crippen LogP contribution in [0.1, 0.15) is 33.6 Å². The minimum Gasteiger partial charge on any atom is -0.323 e. The Morgan fingerprint density at radius 3 is 2.65 bits per heavy atom. The molecule has 1 atom stereocenters. The fraction of sp³-hybridized carbons (Fsp3) is 0.389. The summed E-state index contributed by atoms with van der Waals surface area (Å²) in [6.45, 7) is 6.70. The first-order valence-corrected chi connectivity index (χ1v) is 7.20. The predicted octanol–water partition coefficient (Wildman–Crippen LogP) is 4.56. The van der Waals surface area contributed by atoms with Crippen LogP contribution in [0, 0.1) is 11.3 Å². The Morgan fingerprint density at radius 2 is 2.00 bits per heavy atom. The summed E-state index contributed by atoms with van der Waals surface area (Å²) in [7, 11) is 0. The Kier molecular flexibility index (Phi) is 4.43. The molecule has 1 amide bonds. The van der Waals surface area contributed by atoms with E-state index < -0.39 is 0 Å². The van der Waals surface area contributed by atoms with Gasteiger partial charge in [-0.15, -0.1) is 0 Å². The van der Waals surface area contributed by atoms with E-state index in [0.29, 0.717) is 5.92 Å². The van der Waals surface area contributed by atoms with E-state index in [1.807, 2.05) is 36.4 Å². The second-order valence-electron chi connectivity index (χ2n) is 6.17. The molecule has 1 N–H and O–H groups in total. The Balaban J connectivity index is 2.03. The van der Waals surface area contributed by atoms with Crippen molar-refractivity contribution >= 4 is 11.6 Å². The first kappa shape index (κ1) is 14.6. The number of rotatable bonds is 3. The fourth-order valence-corrected chi connectivity index (χ4v) is 2.87. The Morgan fingerprint density at radius 1 is 1.30 bits per heavy atom. The largest absolute Gasteiger partial charge is 0.323 e. The van der Waals surface area contributed by atoms with E-state index in [1.165, 1.54) is 12.0 Å². The quantitative estimate of drug-likeness (QED) is 0.632. The standard InChI is InChI=1S/C18H23NO/c1-14-8-7-13-18(2,3)16(14)11-12-17(20)19-15-9-5-4-6-10-15/h4-6,8-12,16H,7,13H2,1-3H3,(H,19,20)/b12-11+. The van der Waals surface area contributed by atoms with E-state index in [0.717, 1.165) is 12.1 Å². The summed E-state index contributed by atoms with van der Waals surface area (Å²) >= 11 is 0. The van der Waals surface area contributed by atoms with Gasteiger partial charge in [-0.1, -0.05) is 49.8 Å². The Labute approximate surface area is 121 Å². The van der Waals surface area contributed by atoms with E-state index >= 15 is 0 Å². The van der Waals surface area contributed by atoms with Crippen LogP contribution >= 0.6 is 0 Å². The van der Waals surface area contributed by atoms with Gasteiger partial charge in [-0.2, -0.15) is 0 Å². The molecule has 1 aliphatic rings. The van der Waals surface area contributed by atoms with Gasteiger partial charge in [-0.3, -0.25) is 4.79 Å². The van der Waals surface area contributed by atoms with Crippen molar-refractivity contribution in [3.8, 4) is 0 Å². The summed E-state index contributed by atoms with van der Waals surface area (Å²) in [6, 6.07) is 9.54. The summed E-state index contributed by atoms with van der Waals surface area (Å²) in [5.41, 5.74) is 2.42. The molecule has 0 fully saturated rings. The molecular formula is C18H23NO. The van der Waals surface area contributed by atoms with Crippen molar-refractivity contribution in [2.45, 2.75) is 33.6 Å². The molecule has 0 radical (unpaired) electrons. The highest BCUT2D eigenvalue weighted by atomic mass is 16.1. The Hall–Kier alpha value is -1.83. The lowest BCUT2D eigenvalue weighted by atomic mass is 9.68. The SMILES string of the molecule is CC1=CCCC(C)(C)C1/C=C/C(=O)Nc1ccccc1. The van der Waals surface area contributed by atoms with Gasteiger partial charge >= 0.3 is 0 Å². The number of carbonyl (C=O) groups excluding carboxylic acids is 1. The van der Waals surface area contributed by atoms with Gasteiger partial charge in [-0.05, 0) is 43.4 Å². The highest BCUT2D eigenvalue weighted by Crippen LogP contribution is 2.41. The van der Waals surface area contributed by atoms with Crippen LogP contribution in [0.25, 0.3) is 0 Å². The van der Waals surface area contributed by atoms with Crippen LogP contribution in [-0.2, 0) is 4.79 Å². The fourth-order valence-electron chi connectivity index (χ4n) is 2.87. The van der Waals surface area contributed by atoms with Crippen LogP contribution in [0.2, 0.25) is 0 Å². The van der Waals surface area contributed by atoms with Gasteiger partial charge in [0.2, 0.25) is 5.91 Å². The van der Waals surface area contributed by atoms with Gasteiger partial charge < -0.3 is 5.32 Å². The number of allylic oxidation sites excluding steroid dienone is 3. The normalized spacial score (nSPS) is 21.6. The zero-order valence-corrected chi connectivity index (χ0v) is 12.5. The molecule has 2 nitrogen and oxygen atoms in total. The zero-order valence-electron chi connectivity index (χ0n) is 12.5. The lowest BCUT2D eigenvalue weighted by molar-refractivity contribution is -0.111. The first-order valence-electron chi connectivity index (χ1n) is 7.20. The molecule has 0 saturated heterocycles. The van der Waals surface area contributed by atoms with E-state index in [-0.39, 0.29) is 11.3 Å². The zero-order chi connectivity index (χ0) is 14.6. The maximum absolute atomic E-state index is 12.0. The number of para-hydroxylation sites is 1. The number of carbonyl (C=O) groups is 1. The summed E-state index contributed by atoms with van der Waals surface area (Å²) in [5, 5.41) is 2.88. The van der Waals surface area contributed by atoms with Crippen LogP contribution in [0.4, 0.5) is 5.69 Å². The van der Waals surface area contributed by atoms with Crippen molar-refractivity contribution in [1.82, 2.24) is 0 Å². The minimum absolute atomic E-state index is 0.0645. The smallest absolute Gasteiger partial charge is 0.248 e. The maximum Gasteiger partial charge on any atom is 0.248 e. The molecule has 1 unspecified atom stereocenters. The number of amides is 1. The van der Waals surface area contributed by atoms with Crippen molar-refractivity contribution in [2.24, 2.45) is 11.3 Å². The van der Waals surface area contributed by atoms with Crippen LogP contribution in [-0.4, -0.2) is 5.91 Å². The van der Waals surface area contributed by atoms with Crippen LogP contribution in [0.5, 0.6) is 0 Å². The molecule has 106 valence electrons. The number of benzene rings is 1. The molecule has 20 heavy (non-hydrogen) atoms. The van der Waals surface area contributed by atoms with Gasteiger partial charge in [0.15, 0.2) is 0 Å². The van der Waals surface area contributed by atoms with Crippen molar-refractivity contribution in [1.29, 1.82) is 0 Å². The van der Waals surface area contributed by atoms with Gasteiger partial charge in [0, 0.05) is 11.6 Å². The summed E-state index contributed by atoms with van der Waals surface area (Å²) in [6.07, 6.45) is 8.31. The monoisotopic (exact) mass is 269 g/mol. The molecule has 2 heteroatoms. The van der Waals surface area contributed by atoms with Gasteiger partial charge in [0.1, 0.15) is 0 Å². The summed E-state index contributed by atoms with van der Waals surface area (Å²) < 4.78 is 0. The third-order valence-corrected chi connectivity index (χ3v) is 4.07. The topological polar surface area (TPSA) is 29.1 Å². The number of nitrogens with one attached hydrogen (secondary N) is 1. The lowest BCUT2D eigenvalue weighted by Crippen LogP contribution is -2.26. The van der Waals surface area contributed by atoms with E-state index in [9.17, 15) is 4.79 Å². The molecule has 0 aromatic heterocycles. The lowest BCUT2D eigenvalue weighted by Gasteiger charge is -2.36. The number of anilines is 1. The van der Waals surface area contributed by atoms with Crippen molar-refractivity contribution in [3.05, 3.63) is 54.1 Å². The molecule has 0 aliphatic heterocycles. The third kappa shape index (κ3) is 3.60. The highest BCUT2D eigenvalue weighted by molar-refractivity contribution is 5.99. The second-order valence-corrected chi connectivity index (χ2v) is 6.17. The minimum atomic E-state index is -0.0645. The average Bonchev–Trinajstić information content (AvgIpc) is 2.38. The molecule has 0 saturated carbocycles. The van der Waals surface area contributed by atoms with E-state index in [2.05, 4.69) is 32.2 Å². The predicted molar refractivity (Wildman–Crippen MR) is 84.5 cm³/mol. The average molecular weight is 269 g/mol. The molecule has 0 bridgehead atoms. The summed E-state index contributed by atoms with van der Waals surface area (Å²) in [5.74, 6) is 0.281. The van der Waals surface area contributed by atoms with Gasteiger partial charge in [-0.25, -0.2) is 0 Å².